The van der Waals surface area contributed by atoms with Crippen molar-refractivity contribution in [1.29, 1.82) is 0 Å². The summed E-state index contributed by atoms with van der Waals surface area (Å²) in [5.74, 6) is 6.56. The van der Waals surface area contributed by atoms with E-state index in [9.17, 15) is 5.11 Å². The third-order valence-corrected chi connectivity index (χ3v) is 10.3. The lowest BCUT2D eigenvalue weighted by Gasteiger charge is -2.58. The van der Waals surface area contributed by atoms with Gasteiger partial charge >= 0.3 is 0 Å². The number of hydrogen-bond donors (Lipinski definition) is 1. The summed E-state index contributed by atoms with van der Waals surface area (Å²) in [6, 6.07) is 0. The van der Waals surface area contributed by atoms with Crippen LogP contribution in [0, 0.1) is 58.2 Å². The van der Waals surface area contributed by atoms with E-state index in [1.165, 1.54) is 51.4 Å². The molecule has 1 heteroatoms. The quantitative estimate of drug-likeness (QED) is 0.544. The van der Waals surface area contributed by atoms with Gasteiger partial charge < -0.3 is 5.11 Å². The van der Waals surface area contributed by atoms with Crippen LogP contribution in [0.15, 0.2) is 12.2 Å². The zero-order valence-electron chi connectivity index (χ0n) is 18.6. The fourth-order valence-corrected chi connectivity index (χ4v) is 8.98. The predicted molar refractivity (Wildman–Crippen MR) is 114 cm³/mol. The Kier molecular flexibility index (Phi) is 5.32. The van der Waals surface area contributed by atoms with E-state index in [0.717, 1.165) is 35.5 Å². The van der Waals surface area contributed by atoms with Crippen LogP contribution in [0.4, 0.5) is 0 Å². The van der Waals surface area contributed by atoms with Crippen LogP contribution in [0.1, 0.15) is 86.0 Å². The van der Waals surface area contributed by atoms with Gasteiger partial charge in [-0.3, -0.25) is 0 Å². The molecule has 4 rings (SSSR count). The average Bonchev–Trinajstić information content (AvgIpc) is 3.16. The first-order valence-corrected chi connectivity index (χ1v) is 12.1. The van der Waals surface area contributed by atoms with Crippen molar-refractivity contribution in [2.45, 2.75) is 86.0 Å². The number of fused-ring (bicyclic) bond motifs is 5. The van der Waals surface area contributed by atoms with Crippen molar-refractivity contribution in [3.05, 3.63) is 12.2 Å². The molecule has 0 radical (unpaired) electrons. The van der Waals surface area contributed by atoms with Crippen molar-refractivity contribution >= 4 is 0 Å². The molecule has 9 atom stereocenters. The van der Waals surface area contributed by atoms with E-state index < -0.39 is 0 Å². The molecule has 4 aliphatic rings. The summed E-state index contributed by atoms with van der Waals surface area (Å²) >= 11 is 0. The summed E-state index contributed by atoms with van der Waals surface area (Å²) < 4.78 is 0. The molecule has 4 aliphatic carbocycles. The van der Waals surface area contributed by atoms with Gasteiger partial charge in [-0.15, -0.1) is 0 Å². The average molecular weight is 373 g/mol. The van der Waals surface area contributed by atoms with Crippen LogP contribution in [0.3, 0.4) is 0 Å². The van der Waals surface area contributed by atoms with Crippen LogP contribution in [-0.4, -0.2) is 11.7 Å². The highest BCUT2D eigenvalue weighted by molar-refractivity contribution is 5.12. The third-order valence-electron chi connectivity index (χ3n) is 10.3. The molecule has 27 heavy (non-hydrogen) atoms. The first-order valence-electron chi connectivity index (χ1n) is 12.1. The Balaban J connectivity index is 1.54. The van der Waals surface area contributed by atoms with Crippen molar-refractivity contribution in [3.63, 3.8) is 0 Å². The van der Waals surface area contributed by atoms with Crippen molar-refractivity contribution in [2.75, 3.05) is 6.61 Å². The molecule has 4 unspecified atom stereocenters. The smallest absolute Gasteiger partial charge is 0.0462 e. The summed E-state index contributed by atoms with van der Waals surface area (Å²) in [4.78, 5) is 0. The largest absolute Gasteiger partial charge is 0.396 e. The summed E-state index contributed by atoms with van der Waals surface area (Å²) in [6.07, 6.45) is 16.3. The molecule has 0 heterocycles. The van der Waals surface area contributed by atoms with Crippen molar-refractivity contribution in [1.82, 2.24) is 0 Å². The summed E-state index contributed by atoms with van der Waals surface area (Å²) in [6.45, 7) is 12.8. The lowest BCUT2D eigenvalue weighted by molar-refractivity contribution is -0.0956. The van der Waals surface area contributed by atoms with Crippen molar-refractivity contribution in [3.8, 4) is 0 Å². The van der Waals surface area contributed by atoms with Crippen LogP contribution in [-0.2, 0) is 0 Å². The minimum atomic E-state index is 0.431. The lowest BCUT2D eigenvalue weighted by Crippen LogP contribution is -2.51. The molecule has 1 nitrogen and oxygen atoms in total. The molecule has 1 N–H and O–H groups in total. The zero-order chi connectivity index (χ0) is 19.4. The van der Waals surface area contributed by atoms with Crippen LogP contribution in [0.25, 0.3) is 0 Å². The molecule has 154 valence electrons. The Morgan fingerprint density at radius 3 is 2.19 bits per heavy atom. The Morgan fingerprint density at radius 2 is 1.48 bits per heavy atom. The van der Waals surface area contributed by atoms with Crippen LogP contribution >= 0.6 is 0 Å². The molecule has 0 spiro atoms. The molecule has 0 bridgehead atoms. The molecule has 0 aliphatic heterocycles. The molecule has 0 aromatic heterocycles. The maximum Gasteiger partial charge on any atom is 0.0462 e. The summed E-state index contributed by atoms with van der Waals surface area (Å²) in [5, 5.41) is 9.89. The Bertz CT molecular complexity index is 565. The second kappa shape index (κ2) is 7.19. The summed E-state index contributed by atoms with van der Waals surface area (Å²) in [5.41, 5.74) is 1.10. The minimum Gasteiger partial charge on any atom is -0.396 e. The second-order valence-corrected chi connectivity index (χ2v) is 11.8. The van der Waals surface area contributed by atoms with Gasteiger partial charge in [0.05, 0.1) is 0 Å². The standard InChI is InChI=1S/C26H44O/c1-17(2)6-7-18(3)21-10-11-23-20-8-9-22-19(16-27)12-14-26(22,5)24(20)13-15-25(21,23)4/h6-7,17-24,27H,8-16H2,1-5H3/b7-6+/t18-,19-,20?,21?,22+,23?,24?,25-,26+/m1/s1. The number of rotatable bonds is 4. The van der Waals surface area contributed by atoms with E-state index >= 15 is 0 Å². The normalized spacial score (nSPS) is 50.6. The fraction of sp³-hybridized carbons (Fsp3) is 0.923. The predicted octanol–water partition coefficient (Wildman–Crippen LogP) is 6.71. The maximum absolute atomic E-state index is 9.89. The fourth-order valence-electron chi connectivity index (χ4n) is 8.98. The highest BCUT2D eigenvalue weighted by Crippen LogP contribution is 2.69. The molecular weight excluding hydrogens is 328 g/mol. The molecule has 4 fully saturated rings. The second-order valence-electron chi connectivity index (χ2n) is 11.8. The monoisotopic (exact) mass is 372 g/mol. The van der Waals surface area contributed by atoms with Gasteiger partial charge in [-0.2, -0.15) is 0 Å². The number of allylic oxidation sites excluding steroid dienone is 2. The molecule has 0 aromatic carbocycles. The Hall–Kier alpha value is -0.300. The molecule has 4 saturated carbocycles. The maximum atomic E-state index is 9.89. The van der Waals surface area contributed by atoms with Gasteiger partial charge in [0.25, 0.3) is 0 Å². The number of aliphatic hydroxyl groups excluding tert-OH is 1. The van der Waals surface area contributed by atoms with Gasteiger partial charge in [-0.1, -0.05) is 46.8 Å². The van der Waals surface area contributed by atoms with E-state index in [0.29, 0.717) is 29.3 Å². The van der Waals surface area contributed by atoms with Gasteiger partial charge in [-0.25, -0.2) is 0 Å². The van der Waals surface area contributed by atoms with Crippen LogP contribution < -0.4 is 0 Å². The van der Waals surface area contributed by atoms with Crippen LogP contribution in [0.5, 0.6) is 0 Å². The topological polar surface area (TPSA) is 20.2 Å². The van der Waals surface area contributed by atoms with E-state index in [2.05, 4.69) is 46.8 Å². The highest BCUT2D eigenvalue weighted by atomic mass is 16.3. The van der Waals surface area contributed by atoms with Gasteiger partial charge in [0.2, 0.25) is 0 Å². The molecule has 0 saturated heterocycles. The molecular formula is C26H44O. The van der Waals surface area contributed by atoms with Crippen LogP contribution in [0.2, 0.25) is 0 Å². The SMILES string of the molecule is CC(C)/C=C/[C@@H](C)C1CCC2C3CC[C@H]4[C@@H](CO)CC[C@]4(C)C3CC[C@@]21C. The minimum absolute atomic E-state index is 0.431. The van der Waals surface area contributed by atoms with Crippen molar-refractivity contribution < 1.29 is 5.11 Å². The molecule has 0 amide bonds. The number of hydrogen-bond acceptors (Lipinski definition) is 1. The van der Waals surface area contributed by atoms with E-state index in [4.69, 9.17) is 0 Å². The number of aliphatic hydroxyl groups is 1. The van der Waals surface area contributed by atoms with Gasteiger partial charge in [0, 0.05) is 6.61 Å². The van der Waals surface area contributed by atoms with Gasteiger partial charge in [0.1, 0.15) is 0 Å². The Labute approximate surface area is 168 Å². The first kappa shape index (κ1) is 20.0. The zero-order valence-corrected chi connectivity index (χ0v) is 18.6. The van der Waals surface area contributed by atoms with Crippen molar-refractivity contribution in [2.24, 2.45) is 58.2 Å². The Morgan fingerprint density at radius 1 is 0.815 bits per heavy atom. The van der Waals surface area contributed by atoms with E-state index in [1.54, 1.807) is 0 Å². The van der Waals surface area contributed by atoms with Gasteiger partial charge in [0.15, 0.2) is 0 Å². The third kappa shape index (κ3) is 3.06. The lowest BCUT2D eigenvalue weighted by atomic mass is 9.47. The van der Waals surface area contributed by atoms with E-state index in [-0.39, 0.29) is 0 Å². The summed E-state index contributed by atoms with van der Waals surface area (Å²) in [7, 11) is 0. The molecule has 0 aromatic rings. The first-order chi connectivity index (χ1) is 12.8. The van der Waals surface area contributed by atoms with Gasteiger partial charge in [-0.05, 0) is 110 Å². The van der Waals surface area contributed by atoms with E-state index in [1.807, 2.05) is 0 Å². The highest BCUT2D eigenvalue weighted by Gasteiger charge is 2.61.